The van der Waals surface area contributed by atoms with E-state index in [1.165, 1.54) is 5.56 Å². The molecule has 3 nitrogen and oxygen atoms in total. The predicted molar refractivity (Wildman–Crippen MR) is 86.2 cm³/mol. The van der Waals surface area contributed by atoms with E-state index in [9.17, 15) is 0 Å². The molecule has 0 aliphatic rings. The minimum Gasteiger partial charge on any atom is -0.261 e. The van der Waals surface area contributed by atoms with E-state index in [1.807, 2.05) is 30.6 Å². The summed E-state index contributed by atoms with van der Waals surface area (Å²) in [6.07, 6.45) is 4.73. The zero-order chi connectivity index (χ0) is 14.8. The molecular weight excluding hydrogens is 258 g/mol. The van der Waals surface area contributed by atoms with E-state index in [0.717, 1.165) is 34.4 Å². The third kappa shape index (κ3) is 2.64. The van der Waals surface area contributed by atoms with E-state index in [4.69, 9.17) is 4.98 Å². The van der Waals surface area contributed by atoms with Gasteiger partial charge in [0.25, 0.3) is 0 Å². The van der Waals surface area contributed by atoms with Gasteiger partial charge in [-0.05, 0) is 36.1 Å². The molecule has 0 saturated carbocycles. The quantitative estimate of drug-likeness (QED) is 0.713. The van der Waals surface area contributed by atoms with Crippen molar-refractivity contribution >= 4 is 10.9 Å². The highest BCUT2D eigenvalue weighted by molar-refractivity contribution is 5.83. The Bertz CT molecular complexity index is 761. The van der Waals surface area contributed by atoms with Crippen molar-refractivity contribution in [2.75, 3.05) is 0 Å². The molecule has 0 unspecified atom stereocenters. The molecule has 0 atom stereocenters. The number of hydrogen-bond acceptors (Lipinski definition) is 3. The molecule has 21 heavy (non-hydrogen) atoms. The summed E-state index contributed by atoms with van der Waals surface area (Å²) in [5.74, 6) is 1.20. The molecule has 2 aromatic heterocycles. The number of hydrogen-bond donors (Lipinski definition) is 0. The lowest BCUT2D eigenvalue weighted by Crippen LogP contribution is -1.95. The molecule has 0 saturated heterocycles. The minimum absolute atomic E-state index is 0.466. The van der Waals surface area contributed by atoms with Crippen LogP contribution in [-0.2, 0) is 6.42 Å². The number of benzene rings is 1. The van der Waals surface area contributed by atoms with Gasteiger partial charge in [0.05, 0.1) is 5.52 Å². The summed E-state index contributed by atoms with van der Waals surface area (Å²) < 4.78 is 0. The van der Waals surface area contributed by atoms with Crippen LogP contribution in [0.15, 0.2) is 42.7 Å². The lowest BCUT2D eigenvalue weighted by molar-refractivity contribution is 0.875. The largest absolute Gasteiger partial charge is 0.261 e. The molecule has 3 aromatic rings. The van der Waals surface area contributed by atoms with Gasteiger partial charge in [-0.25, -0.2) is 9.97 Å². The van der Waals surface area contributed by atoms with E-state index >= 15 is 0 Å². The first-order chi connectivity index (χ1) is 10.2. The van der Waals surface area contributed by atoms with Crippen LogP contribution in [0.2, 0.25) is 0 Å². The Hall–Kier alpha value is -2.29. The number of pyridine rings is 1. The molecule has 0 aliphatic heterocycles. The van der Waals surface area contributed by atoms with Crippen LogP contribution in [0.5, 0.6) is 0 Å². The minimum atomic E-state index is 0.466. The van der Waals surface area contributed by atoms with E-state index in [0.29, 0.717) is 5.92 Å². The monoisotopic (exact) mass is 277 g/mol. The van der Waals surface area contributed by atoms with Crippen molar-refractivity contribution in [3.63, 3.8) is 0 Å². The molecule has 0 spiro atoms. The van der Waals surface area contributed by atoms with Crippen molar-refractivity contribution in [1.29, 1.82) is 0 Å². The Kier molecular flexibility index (Phi) is 3.65. The SMILES string of the molecule is CCc1ccc(-c2ncc3c(C(C)C)cccc3n2)cn1. The van der Waals surface area contributed by atoms with E-state index in [2.05, 4.69) is 42.9 Å². The highest BCUT2D eigenvalue weighted by Crippen LogP contribution is 2.25. The lowest BCUT2D eigenvalue weighted by Gasteiger charge is -2.10. The van der Waals surface area contributed by atoms with Gasteiger partial charge >= 0.3 is 0 Å². The van der Waals surface area contributed by atoms with Gasteiger partial charge in [0, 0.05) is 29.0 Å². The molecule has 0 N–H and O–H groups in total. The summed E-state index contributed by atoms with van der Waals surface area (Å²) in [7, 11) is 0. The molecule has 0 fully saturated rings. The summed E-state index contributed by atoms with van der Waals surface area (Å²) in [5.41, 5.74) is 4.33. The van der Waals surface area contributed by atoms with E-state index in [-0.39, 0.29) is 0 Å². The second kappa shape index (κ2) is 5.60. The second-order valence-electron chi connectivity index (χ2n) is 5.52. The van der Waals surface area contributed by atoms with Gasteiger partial charge in [-0.2, -0.15) is 0 Å². The van der Waals surface area contributed by atoms with Gasteiger partial charge in [0.2, 0.25) is 0 Å². The van der Waals surface area contributed by atoms with Crippen LogP contribution in [0.3, 0.4) is 0 Å². The van der Waals surface area contributed by atoms with Crippen molar-refractivity contribution in [3.05, 3.63) is 54.0 Å². The molecule has 0 bridgehead atoms. The van der Waals surface area contributed by atoms with E-state index < -0.39 is 0 Å². The Morgan fingerprint density at radius 1 is 1.00 bits per heavy atom. The van der Waals surface area contributed by atoms with Crippen molar-refractivity contribution in [2.45, 2.75) is 33.1 Å². The maximum atomic E-state index is 4.69. The van der Waals surface area contributed by atoms with Crippen LogP contribution in [0.25, 0.3) is 22.3 Å². The normalized spacial score (nSPS) is 11.2. The van der Waals surface area contributed by atoms with Gasteiger partial charge in [-0.3, -0.25) is 4.98 Å². The van der Waals surface area contributed by atoms with Crippen LogP contribution in [0, 0.1) is 0 Å². The van der Waals surface area contributed by atoms with Crippen LogP contribution in [0.4, 0.5) is 0 Å². The average Bonchev–Trinajstić information content (AvgIpc) is 2.53. The molecule has 0 amide bonds. The Balaban J connectivity index is 2.08. The maximum absolute atomic E-state index is 4.69. The zero-order valence-corrected chi connectivity index (χ0v) is 12.7. The summed E-state index contributed by atoms with van der Waals surface area (Å²) in [4.78, 5) is 13.6. The summed E-state index contributed by atoms with van der Waals surface area (Å²) in [5, 5.41) is 1.13. The van der Waals surface area contributed by atoms with Gasteiger partial charge in [0.1, 0.15) is 0 Å². The van der Waals surface area contributed by atoms with Crippen molar-refractivity contribution in [3.8, 4) is 11.4 Å². The molecule has 3 rings (SSSR count). The summed E-state index contributed by atoms with van der Waals surface area (Å²) in [6.45, 7) is 6.48. The number of rotatable bonds is 3. The number of fused-ring (bicyclic) bond motifs is 1. The van der Waals surface area contributed by atoms with Gasteiger partial charge in [-0.15, -0.1) is 0 Å². The summed E-state index contributed by atoms with van der Waals surface area (Å²) in [6, 6.07) is 10.3. The third-order valence-electron chi connectivity index (χ3n) is 3.73. The molecule has 0 aliphatic carbocycles. The van der Waals surface area contributed by atoms with E-state index in [1.54, 1.807) is 0 Å². The van der Waals surface area contributed by atoms with Crippen LogP contribution in [-0.4, -0.2) is 15.0 Å². The highest BCUT2D eigenvalue weighted by atomic mass is 14.9. The Labute approximate surface area is 125 Å². The summed E-state index contributed by atoms with van der Waals surface area (Å²) >= 11 is 0. The first-order valence-electron chi connectivity index (χ1n) is 7.40. The smallest absolute Gasteiger partial charge is 0.161 e. The van der Waals surface area contributed by atoms with Crippen LogP contribution >= 0.6 is 0 Å². The molecule has 106 valence electrons. The molecule has 1 aromatic carbocycles. The Morgan fingerprint density at radius 3 is 2.52 bits per heavy atom. The van der Waals surface area contributed by atoms with Crippen LogP contribution < -0.4 is 0 Å². The van der Waals surface area contributed by atoms with Crippen molar-refractivity contribution < 1.29 is 0 Å². The number of aryl methyl sites for hydroxylation is 1. The van der Waals surface area contributed by atoms with Gasteiger partial charge in [0.15, 0.2) is 5.82 Å². The third-order valence-corrected chi connectivity index (χ3v) is 3.73. The molecule has 0 radical (unpaired) electrons. The predicted octanol–water partition coefficient (Wildman–Crippen LogP) is 4.38. The first kappa shape index (κ1) is 13.7. The first-order valence-corrected chi connectivity index (χ1v) is 7.40. The fourth-order valence-corrected chi connectivity index (χ4v) is 2.49. The standard InChI is InChI=1S/C18H19N3/c1-4-14-9-8-13(10-19-14)18-20-11-16-15(12(2)3)6-5-7-17(16)21-18/h5-12H,4H2,1-3H3. The molecule has 3 heteroatoms. The average molecular weight is 277 g/mol. The van der Waals surface area contributed by atoms with Crippen molar-refractivity contribution in [2.24, 2.45) is 0 Å². The van der Waals surface area contributed by atoms with Crippen LogP contribution in [0.1, 0.15) is 37.9 Å². The molecular formula is C18H19N3. The Morgan fingerprint density at radius 2 is 1.86 bits per heavy atom. The zero-order valence-electron chi connectivity index (χ0n) is 12.7. The maximum Gasteiger partial charge on any atom is 0.161 e. The lowest BCUT2D eigenvalue weighted by atomic mass is 9.99. The number of nitrogens with zero attached hydrogens (tertiary/aromatic N) is 3. The second-order valence-corrected chi connectivity index (χ2v) is 5.52. The van der Waals surface area contributed by atoms with Gasteiger partial charge in [-0.1, -0.05) is 32.9 Å². The highest BCUT2D eigenvalue weighted by Gasteiger charge is 2.08. The fraction of sp³-hybridized carbons (Fsp3) is 0.278. The van der Waals surface area contributed by atoms with Crippen molar-refractivity contribution in [1.82, 2.24) is 15.0 Å². The fourth-order valence-electron chi connectivity index (χ4n) is 2.49. The topological polar surface area (TPSA) is 38.7 Å². The van der Waals surface area contributed by atoms with Gasteiger partial charge < -0.3 is 0 Å². The number of aromatic nitrogens is 3. The molecule has 2 heterocycles.